The number of piperidine rings is 1. The molecule has 0 saturated carbocycles. The minimum atomic E-state index is 0.0598. The highest BCUT2D eigenvalue weighted by Crippen LogP contribution is 2.32. The van der Waals surface area contributed by atoms with E-state index in [1.807, 2.05) is 0 Å². The first kappa shape index (κ1) is 17.0. The molecule has 1 aromatic carbocycles. The number of pyridine rings is 1. The summed E-state index contributed by atoms with van der Waals surface area (Å²) in [5.74, 6) is 1.76. The summed E-state index contributed by atoms with van der Waals surface area (Å²) in [7, 11) is 0. The summed E-state index contributed by atoms with van der Waals surface area (Å²) in [6.45, 7) is 9.28. The third-order valence-electron chi connectivity index (χ3n) is 5.01. The van der Waals surface area contributed by atoms with Gasteiger partial charge < -0.3 is 10.6 Å². The van der Waals surface area contributed by atoms with Gasteiger partial charge in [0.15, 0.2) is 0 Å². The monoisotopic (exact) mass is 323 g/mol. The van der Waals surface area contributed by atoms with Gasteiger partial charge in [-0.1, -0.05) is 57.2 Å². The predicted molar refractivity (Wildman–Crippen MR) is 101 cm³/mol. The molecule has 128 valence electrons. The third kappa shape index (κ3) is 3.62. The summed E-state index contributed by atoms with van der Waals surface area (Å²) >= 11 is 0. The summed E-state index contributed by atoms with van der Waals surface area (Å²) in [5.41, 5.74) is 9.79. The third-order valence-corrected chi connectivity index (χ3v) is 5.01. The van der Waals surface area contributed by atoms with Crippen LogP contribution in [-0.2, 0) is 12.0 Å². The van der Waals surface area contributed by atoms with Gasteiger partial charge in [-0.3, -0.25) is 0 Å². The van der Waals surface area contributed by atoms with Crippen LogP contribution in [0.5, 0.6) is 0 Å². The van der Waals surface area contributed by atoms with Crippen molar-refractivity contribution in [3.63, 3.8) is 0 Å². The Balaban J connectivity index is 1.78. The fraction of sp³-hybridized carbons (Fsp3) is 0.476. The van der Waals surface area contributed by atoms with Gasteiger partial charge >= 0.3 is 0 Å². The molecule has 1 aliphatic heterocycles. The highest BCUT2D eigenvalue weighted by atomic mass is 15.2. The van der Waals surface area contributed by atoms with Crippen LogP contribution in [0.25, 0.3) is 0 Å². The van der Waals surface area contributed by atoms with Crippen molar-refractivity contribution in [3.8, 4) is 0 Å². The highest BCUT2D eigenvalue weighted by Gasteiger charge is 2.24. The Kier molecular flexibility index (Phi) is 4.91. The average Bonchev–Trinajstić information content (AvgIpc) is 2.61. The van der Waals surface area contributed by atoms with Crippen molar-refractivity contribution in [2.24, 2.45) is 5.73 Å². The summed E-state index contributed by atoms with van der Waals surface area (Å²) < 4.78 is 0. The Morgan fingerprint density at radius 3 is 2.29 bits per heavy atom. The summed E-state index contributed by atoms with van der Waals surface area (Å²) in [6, 6.07) is 15.2. The summed E-state index contributed by atoms with van der Waals surface area (Å²) in [6.07, 6.45) is 2.35. The van der Waals surface area contributed by atoms with E-state index in [0.29, 0.717) is 12.5 Å². The van der Waals surface area contributed by atoms with E-state index in [2.05, 4.69) is 68.1 Å². The summed E-state index contributed by atoms with van der Waals surface area (Å²) in [4.78, 5) is 7.41. The van der Waals surface area contributed by atoms with Crippen LogP contribution < -0.4 is 10.6 Å². The highest BCUT2D eigenvalue weighted by molar-refractivity contribution is 5.49. The number of anilines is 1. The van der Waals surface area contributed by atoms with Crippen LogP contribution in [0, 0.1) is 0 Å². The van der Waals surface area contributed by atoms with Crippen LogP contribution in [0.1, 0.15) is 56.4 Å². The van der Waals surface area contributed by atoms with Crippen molar-refractivity contribution in [2.45, 2.75) is 51.5 Å². The fourth-order valence-electron chi connectivity index (χ4n) is 3.48. The van der Waals surface area contributed by atoms with Crippen LogP contribution >= 0.6 is 0 Å². The number of hydrogen-bond acceptors (Lipinski definition) is 3. The zero-order valence-corrected chi connectivity index (χ0v) is 15.1. The molecule has 2 N–H and O–H groups in total. The molecule has 3 rings (SSSR count). The topological polar surface area (TPSA) is 42.1 Å². The second kappa shape index (κ2) is 6.94. The number of hydrogen-bond donors (Lipinski definition) is 1. The van der Waals surface area contributed by atoms with Gasteiger partial charge in [-0.05, 0) is 30.4 Å². The SMILES string of the molecule is CC(C)(C)c1ccc(CN)c(N2CCC(c3ccccc3)CC2)n1. The Morgan fingerprint density at radius 2 is 1.71 bits per heavy atom. The van der Waals surface area contributed by atoms with E-state index in [9.17, 15) is 0 Å². The lowest BCUT2D eigenvalue weighted by atomic mass is 9.89. The minimum absolute atomic E-state index is 0.0598. The van der Waals surface area contributed by atoms with Crippen LogP contribution in [0.3, 0.4) is 0 Å². The normalized spacial score (nSPS) is 16.4. The largest absolute Gasteiger partial charge is 0.356 e. The van der Waals surface area contributed by atoms with Crippen molar-refractivity contribution in [2.75, 3.05) is 18.0 Å². The maximum Gasteiger partial charge on any atom is 0.133 e. The lowest BCUT2D eigenvalue weighted by molar-refractivity contribution is 0.498. The smallest absolute Gasteiger partial charge is 0.133 e. The second-order valence-electron chi connectivity index (χ2n) is 7.81. The van der Waals surface area contributed by atoms with Gasteiger partial charge in [-0.2, -0.15) is 0 Å². The van der Waals surface area contributed by atoms with Crippen molar-refractivity contribution in [1.82, 2.24) is 4.98 Å². The van der Waals surface area contributed by atoms with Crippen LogP contribution in [0.4, 0.5) is 5.82 Å². The first-order valence-electron chi connectivity index (χ1n) is 8.99. The minimum Gasteiger partial charge on any atom is -0.356 e. The maximum absolute atomic E-state index is 5.97. The van der Waals surface area contributed by atoms with Gasteiger partial charge in [-0.15, -0.1) is 0 Å². The van der Waals surface area contributed by atoms with Crippen molar-refractivity contribution >= 4 is 5.82 Å². The lowest BCUT2D eigenvalue weighted by Gasteiger charge is -2.35. The van der Waals surface area contributed by atoms with E-state index in [-0.39, 0.29) is 5.41 Å². The molecule has 0 spiro atoms. The molecular formula is C21H29N3. The van der Waals surface area contributed by atoms with Crippen LogP contribution in [-0.4, -0.2) is 18.1 Å². The molecule has 3 nitrogen and oxygen atoms in total. The predicted octanol–water partition coefficient (Wildman–Crippen LogP) is 4.22. The van der Waals surface area contributed by atoms with Gasteiger partial charge in [0.1, 0.15) is 5.82 Å². The quantitative estimate of drug-likeness (QED) is 0.919. The molecule has 1 aliphatic rings. The Morgan fingerprint density at radius 1 is 1.04 bits per heavy atom. The Bertz CT molecular complexity index is 665. The molecule has 0 atom stereocenters. The van der Waals surface area contributed by atoms with Gasteiger partial charge in [0.05, 0.1) is 0 Å². The Hall–Kier alpha value is -1.87. The van der Waals surface area contributed by atoms with Crippen molar-refractivity contribution < 1.29 is 0 Å². The van der Waals surface area contributed by atoms with Gasteiger partial charge in [-0.25, -0.2) is 4.98 Å². The summed E-state index contributed by atoms with van der Waals surface area (Å²) in [5, 5.41) is 0. The van der Waals surface area contributed by atoms with E-state index in [4.69, 9.17) is 10.7 Å². The molecule has 1 saturated heterocycles. The number of nitrogens with zero attached hydrogens (tertiary/aromatic N) is 2. The van der Waals surface area contributed by atoms with Crippen molar-refractivity contribution in [1.29, 1.82) is 0 Å². The van der Waals surface area contributed by atoms with E-state index >= 15 is 0 Å². The number of benzene rings is 1. The zero-order valence-electron chi connectivity index (χ0n) is 15.1. The Labute approximate surface area is 145 Å². The fourth-order valence-corrected chi connectivity index (χ4v) is 3.48. The van der Waals surface area contributed by atoms with Crippen molar-refractivity contribution in [3.05, 3.63) is 59.3 Å². The van der Waals surface area contributed by atoms with E-state index in [0.717, 1.165) is 30.2 Å². The second-order valence-corrected chi connectivity index (χ2v) is 7.81. The average molecular weight is 323 g/mol. The molecule has 2 heterocycles. The molecule has 3 heteroatoms. The van der Waals surface area contributed by atoms with Crippen LogP contribution in [0.2, 0.25) is 0 Å². The van der Waals surface area contributed by atoms with E-state index < -0.39 is 0 Å². The van der Waals surface area contributed by atoms with E-state index in [1.165, 1.54) is 18.4 Å². The molecule has 0 aliphatic carbocycles. The lowest BCUT2D eigenvalue weighted by Crippen LogP contribution is -2.35. The molecule has 1 fully saturated rings. The zero-order chi connectivity index (χ0) is 17.2. The molecule has 0 bridgehead atoms. The molecule has 2 aromatic rings. The number of aromatic nitrogens is 1. The first-order chi connectivity index (χ1) is 11.5. The number of rotatable bonds is 3. The molecule has 0 radical (unpaired) electrons. The number of nitrogens with two attached hydrogens (primary N) is 1. The molecular weight excluding hydrogens is 294 g/mol. The molecule has 1 aromatic heterocycles. The molecule has 24 heavy (non-hydrogen) atoms. The van der Waals surface area contributed by atoms with Crippen LogP contribution in [0.15, 0.2) is 42.5 Å². The van der Waals surface area contributed by atoms with Gasteiger partial charge in [0.25, 0.3) is 0 Å². The first-order valence-corrected chi connectivity index (χ1v) is 8.99. The maximum atomic E-state index is 5.97. The molecule has 0 unspecified atom stereocenters. The van der Waals surface area contributed by atoms with Gasteiger partial charge in [0.2, 0.25) is 0 Å². The van der Waals surface area contributed by atoms with Gasteiger partial charge in [0, 0.05) is 36.3 Å². The molecule has 0 amide bonds. The van der Waals surface area contributed by atoms with E-state index in [1.54, 1.807) is 0 Å². The standard InChI is InChI=1S/C21H29N3/c1-21(2,3)19-10-9-18(15-22)20(23-19)24-13-11-17(12-14-24)16-7-5-4-6-8-16/h4-10,17H,11-15,22H2,1-3H3.